The number of aromatic amines is 1. The molecule has 7 heteroatoms. The predicted molar refractivity (Wildman–Crippen MR) is 99.9 cm³/mol. The second-order valence-corrected chi connectivity index (χ2v) is 6.31. The molecule has 1 aromatic heterocycles. The predicted octanol–water partition coefficient (Wildman–Crippen LogP) is 3.20. The second kappa shape index (κ2) is 6.87. The highest BCUT2D eigenvalue weighted by Gasteiger charge is 2.34. The molecule has 0 spiro atoms. The van der Waals surface area contributed by atoms with E-state index in [0.717, 1.165) is 17.3 Å². The monoisotopic (exact) mass is 349 g/mol. The van der Waals surface area contributed by atoms with Crippen LogP contribution in [0.1, 0.15) is 12.8 Å². The molecule has 3 aromatic rings. The number of nitrogens with zero attached hydrogens (tertiary/aromatic N) is 2. The third-order valence-corrected chi connectivity index (χ3v) is 4.55. The van der Waals surface area contributed by atoms with Crippen LogP contribution in [0.3, 0.4) is 0 Å². The Kier molecular flexibility index (Phi) is 4.27. The number of H-pyrrole nitrogens is 1. The molecule has 0 radical (unpaired) electrons. The Morgan fingerprint density at radius 2 is 1.92 bits per heavy atom. The number of carbonyl (C=O) groups excluding carboxylic acids is 2. The lowest BCUT2D eigenvalue weighted by molar-refractivity contribution is -0.119. The standard InChI is InChI=1S/C19H19N5O2/c25-18(21-15-8-9-16-13(11-15)12-20-23-16)17-7-4-10-24(17)19(26)22-14-5-2-1-3-6-14/h1-3,5-6,8-9,11-12,17H,4,7,10H2,(H,20,23)(H,21,25)(H,22,26)/t17-/m1/s1. The number of hydrogen-bond donors (Lipinski definition) is 3. The van der Waals surface area contributed by atoms with E-state index >= 15 is 0 Å². The van der Waals surface area contributed by atoms with Crippen molar-refractivity contribution in [3.8, 4) is 0 Å². The van der Waals surface area contributed by atoms with Crippen LogP contribution < -0.4 is 10.6 Å². The zero-order valence-electron chi connectivity index (χ0n) is 14.1. The van der Waals surface area contributed by atoms with Crippen LogP contribution in [-0.2, 0) is 4.79 Å². The van der Waals surface area contributed by atoms with Gasteiger partial charge in [-0.05, 0) is 43.2 Å². The molecule has 3 N–H and O–H groups in total. The molecule has 132 valence electrons. The molecular weight excluding hydrogens is 330 g/mol. The summed E-state index contributed by atoms with van der Waals surface area (Å²) in [7, 11) is 0. The van der Waals surface area contributed by atoms with E-state index in [0.29, 0.717) is 24.3 Å². The summed E-state index contributed by atoms with van der Waals surface area (Å²) in [6.45, 7) is 0.567. The topological polar surface area (TPSA) is 90.1 Å². The van der Waals surface area contributed by atoms with Crippen LogP contribution in [0.25, 0.3) is 10.9 Å². The van der Waals surface area contributed by atoms with Gasteiger partial charge in [0.25, 0.3) is 0 Å². The van der Waals surface area contributed by atoms with Crippen LogP contribution in [0.5, 0.6) is 0 Å². The third kappa shape index (κ3) is 3.23. The Bertz CT molecular complexity index is 937. The molecule has 4 rings (SSSR count). The van der Waals surface area contributed by atoms with Crippen molar-refractivity contribution >= 4 is 34.2 Å². The highest BCUT2D eigenvalue weighted by molar-refractivity contribution is 6.00. The van der Waals surface area contributed by atoms with Crippen molar-refractivity contribution < 1.29 is 9.59 Å². The van der Waals surface area contributed by atoms with Crippen molar-refractivity contribution in [2.75, 3.05) is 17.2 Å². The van der Waals surface area contributed by atoms with Gasteiger partial charge < -0.3 is 15.5 Å². The molecule has 1 saturated heterocycles. The number of para-hydroxylation sites is 1. The van der Waals surface area contributed by atoms with Crippen molar-refractivity contribution in [1.29, 1.82) is 0 Å². The summed E-state index contributed by atoms with van der Waals surface area (Å²) < 4.78 is 0. The molecule has 3 amide bonds. The first-order valence-electron chi connectivity index (χ1n) is 8.57. The van der Waals surface area contributed by atoms with Gasteiger partial charge in [0, 0.05) is 23.3 Å². The van der Waals surface area contributed by atoms with Crippen molar-refractivity contribution in [3.05, 3.63) is 54.7 Å². The van der Waals surface area contributed by atoms with E-state index in [1.54, 1.807) is 11.1 Å². The first kappa shape index (κ1) is 16.1. The fourth-order valence-electron chi connectivity index (χ4n) is 3.25. The SMILES string of the molecule is O=C(Nc1ccc2[nH]ncc2c1)[C@H]1CCCN1C(=O)Nc1ccccc1. The van der Waals surface area contributed by atoms with Gasteiger partial charge >= 0.3 is 6.03 Å². The zero-order valence-corrected chi connectivity index (χ0v) is 14.1. The van der Waals surface area contributed by atoms with Gasteiger partial charge in [-0.2, -0.15) is 5.10 Å². The van der Waals surface area contributed by atoms with E-state index in [1.807, 2.05) is 48.5 Å². The number of nitrogens with one attached hydrogen (secondary N) is 3. The Hall–Kier alpha value is -3.35. The van der Waals surface area contributed by atoms with Gasteiger partial charge in [0.15, 0.2) is 0 Å². The average Bonchev–Trinajstić information content (AvgIpc) is 3.31. The molecule has 1 aliphatic heterocycles. The Labute approximate surface area is 150 Å². The molecule has 0 bridgehead atoms. The van der Waals surface area contributed by atoms with Gasteiger partial charge in [-0.3, -0.25) is 9.89 Å². The molecule has 1 fully saturated rings. The lowest BCUT2D eigenvalue weighted by atomic mass is 10.2. The fourth-order valence-corrected chi connectivity index (χ4v) is 3.25. The van der Waals surface area contributed by atoms with Crippen LogP contribution in [0, 0.1) is 0 Å². The number of aromatic nitrogens is 2. The third-order valence-electron chi connectivity index (χ3n) is 4.55. The molecule has 0 aliphatic carbocycles. The first-order chi connectivity index (χ1) is 12.7. The molecular formula is C19H19N5O2. The first-order valence-corrected chi connectivity index (χ1v) is 8.57. The van der Waals surface area contributed by atoms with Crippen molar-refractivity contribution in [3.63, 3.8) is 0 Å². The molecule has 7 nitrogen and oxygen atoms in total. The molecule has 1 atom stereocenters. The van der Waals surface area contributed by atoms with E-state index in [1.165, 1.54) is 0 Å². The van der Waals surface area contributed by atoms with E-state index < -0.39 is 6.04 Å². The van der Waals surface area contributed by atoms with Gasteiger partial charge in [-0.15, -0.1) is 0 Å². The maximum absolute atomic E-state index is 12.7. The number of amides is 3. The number of benzene rings is 2. The summed E-state index contributed by atoms with van der Waals surface area (Å²) in [6.07, 6.45) is 3.17. The van der Waals surface area contributed by atoms with Crippen LogP contribution in [0.2, 0.25) is 0 Å². The van der Waals surface area contributed by atoms with Gasteiger partial charge in [0.05, 0.1) is 11.7 Å². The molecule has 26 heavy (non-hydrogen) atoms. The van der Waals surface area contributed by atoms with E-state index in [4.69, 9.17) is 0 Å². The quantitative estimate of drug-likeness (QED) is 0.678. The molecule has 0 saturated carbocycles. The fraction of sp³-hybridized carbons (Fsp3) is 0.211. The van der Waals surface area contributed by atoms with Crippen LogP contribution >= 0.6 is 0 Å². The average molecular weight is 349 g/mol. The van der Waals surface area contributed by atoms with E-state index in [-0.39, 0.29) is 11.9 Å². The molecule has 2 heterocycles. The highest BCUT2D eigenvalue weighted by atomic mass is 16.2. The van der Waals surface area contributed by atoms with Crippen LogP contribution in [-0.4, -0.2) is 39.6 Å². The van der Waals surface area contributed by atoms with Crippen molar-refractivity contribution in [2.24, 2.45) is 0 Å². The number of anilines is 2. The number of rotatable bonds is 3. The Morgan fingerprint density at radius 3 is 2.77 bits per heavy atom. The number of fused-ring (bicyclic) bond motifs is 1. The Morgan fingerprint density at radius 1 is 1.08 bits per heavy atom. The number of likely N-dealkylation sites (tertiary alicyclic amines) is 1. The van der Waals surface area contributed by atoms with Gasteiger partial charge in [0.1, 0.15) is 6.04 Å². The maximum atomic E-state index is 12.7. The summed E-state index contributed by atoms with van der Waals surface area (Å²) in [4.78, 5) is 26.8. The summed E-state index contributed by atoms with van der Waals surface area (Å²) in [6, 6.07) is 14.1. The molecule has 1 aliphatic rings. The second-order valence-electron chi connectivity index (χ2n) is 6.31. The van der Waals surface area contributed by atoms with Crippen molar-refractivity contribution in [1.82, 2.24) is 15.1 Å². The van der Waals surface area contributed by atoms with E-state index in [9.17, 15) is 9.59 Å². The lowest BCUT2D eigenvalue weighted by Gasteiger charge is -2.24. The molecule has 0 unspecified atom stereocenters. The number of carbonyl (C=O) groups is 2. The number of urea groups is 1. The van der Waals surface area contributed by atoms with Gasteiger partial charge in [0.2, 0.25) is 5.91 Å². The maximum Gasteiger partial charge on any atom is 0.322 e. The molecule has 2 aromatic carbocycles. The normalized spacial score (nSPS) is 16.6. The minimum Gasteiger partial charge on any atom is -0.324 e. The minimum absolute atomic E-state index is 0.173. The minimum atomic E-state index is -0.473. The van der Waals surface area contributed by atoms with Crippen molar-refractivity contribution in [2.45, 2.75) is 18.9 Å². The summed E-state index contributed by atoms with van der Waals surface area (Å²) >= 11 is 0. The largest absolute Gasteiger partial charge is 0.324 e. The lowest BCUT2D eigenvalue weighted by Crippen LogP contribution is -2.45. The highest BCUT2D eigenvalue weighted by Crippen LogP contribution is 2.22. The van der Waals surface area contributed by atoms with Gasteiger partial charge in [-0.25, -0.2) is 4.79 Å². The van der Waals surface area contributed by atoms with Gasteiger partial charge in [-0.1, -0.05) is 18.2 Å². The summed E-state index contributed by atoms with van der Waals surface area (Å²) in [5, 5.41) is 13.5. The van der Waals surface area contributed by atoms with E-state index in [2.05, 4.69) is 20.8 Å². The smallest absolute Gasteiger partial charge is 0.322 e. The number of hydrogen-bond acceptors (Lipinski definition) is 3. The zero-order chi connectivity index (χ0) is 17.9. The summed E-state index contributed by atoms with van der Waals surface area (Å²) in [5.41, 5.74) is 2.32. The van der Waals surface area contributed by atoms with Crippen LogP contribution in [0.4, 0.5) is 16.2 Å². The summed E-state index contributed by atoms with van der Waals surface area (Å²) in [5.74, 6) is -0.173. The van der Waals surface area contributed by atoms with Crippen LogP contribution in [0.15, 0.2) is 54.7 Å². The Balaban J connectivity index is 1.45.